The molecule has 6 heteroatoms. The molecule has 1 atom stereocenters. The standard InChI is InChI=1S/C17H23F3N2O/c1-2-3-15(21)16(23)22-10-8-13(9-11-22)12-4-6-14(7-5-12)17(18,19)20/h4-7,13,15H,2-3,8-11,21H2,1H3. The number of piperidine rings is 1. The van der Waals surface area contributed by atoms with Gasteiger partial charge in [0.15, 0.2) is 0 Å². The highest BCUT2D eigenvalue weighted by Gasteiger charge is 2.31. The number of carbonyl (C=O) groups excluding carboxylic acids is 1. The number of nitrogens with two attached hydrogens (primary N) is 1. The predicted molar refractivity (Wildman–Crippen MR) is 82.9 cm³/mol. The van der Waals surface area contributed by atoms with Crippen LogP contribution in [-0.2, 0) is 11.0 Å². The first-order valence-electron chi connectivity index (χ1n) is 8.04. The number of benzene rings is 1. The van der Waals surface area contributed by atoms with E-state index in [1.54, 1.807) is 17.0 Å². The van der Waals surface area contributed by atoms with Gasteiger partial charge in [0.1, 0.15) is 0 Å². The lowest BCUT2D eigenvalue weighted by molar-refractivity contribution is -0.137. The molecule has 0 bridgehead atoms. The zero-order valence-corrected chi connectivity index (χ0v) is 13.3. The lowest BCUT2D eigenvalue weighted by atomic mass is 9.88. The molecule has 1 fully saturated rings. The zero-order chi connectivity index (χ0) is 17.0. The fourth-order valence-corrected chi connectivity index (χ4v) is 3.05. The summed E-state index contributed by atoms with van der Waals surface area (Å²) >= 11 is 0. The molecule has 0 aromatic heterocycles. The second-order valence-electron chi connectivity index (χ2n) is 6.11. The van der Waals surface area contributed by atoms with E-state index in [0.717, 1.165) is 37.0 Å². The quantitative estimate of drug-likeness (QED) is 0.919. The van der Waals surface area contributed by atoms with Crippen LogP contribution in [0.3, 0.4) is 0 Å². The number of hydrogen-bond acceptors (Lipinski definition) is 2. The summed E-state index contributed by atoms with van der Waals surface area (Å²) in [7, 11) is 0. The van der Waals surface area contributed by atoms with Gasteiger partial charge in [0.25, 0.3) is 0 Å². The van der Waals surface area contributed by atoms with Gasteiger partial charge in [-0.3, -0.25) is 4.79 Å². The lowest BCUT2D eigenvalue weighted by Gasteiger charge is -2.33. The fraction of sp³-hybridized carbons (Fsp3) is 0.588. The van der Waals surface area contributed by atoms with Gasteiger partial charge < -0.3 is 10.6 Å². The van der Waals surface area contributed by atoms with E-state index < -0.39 is 17.8 Å². The van der Waals surface area contributed by atoms with E-state index in [4.69, 9.17) is 5.73 Å². The fourth-order valence-electron chi connectivity index (χ4n) is 3.05. The first-order chi connectivity index (χ1) is 10.8. The Morgan fingerprint density at radius 3 is 2.30 bits per heavy atom. The van der Waals surface area contributed by atoms with E-state index in [2.05, 4.69) is 0 Å². The lowest BCUT2D eigenvalue weighted by Crippen LogP contribution is -2.46. The summed E-state index contributed by atoms with van der Waals surface area (Å²) in [6.07, 6.45) is -1.23. The predicted octanol–water partition coefficient (Wildman–Crippen LogP) is 3.54. The molecule has 128 valence electrons. The molecule has 1 unspecified atom stereocenters. The number of amides is 1. The van der Waals surface area contributed by atoms with Gasteiger partial charge in [-0.05, 0) is 42.9 Å². The maximum atomic E-state index is 12.6. The zero-order valence-electron chi connectivity index (χ0n) is 13.3. The molecule has 1 saturated heterocycles. The number of nitrogens with zero attached hydrogens (tertiary/aromatic N) is 1. The van der Waals surface area contributed by atoms with Crippen molar-refractivity contribution in [3.05, 3.63) is 35.4 Å². The summed E-state index contributed by atoms with van der Waals surface area (Å²) in [6.45, 7) is 3.22. The number of carbonyl (C=O) groups is 1. The van der Waals surface area contributed by atoms with Crippen molar-refractivity contribution in [2.75, 3.05) is 13.1 Å². The van der Waals surface area contributed by atoms with E-state index in [1.165, 1.54) is 0 Å². The molecule has 1 aromatic rings. The number of likely N-dealkylation sites (tertiary alicyclic amines) is 1. The highest BCUT2D eigenvalue weighted by molar-refractivity contribution is 5.81. The Balaban J connectivity index is 1.93. The molecule has 1 aliphatic heterocycles. The van der Waals surface area contributed by atoms with E-state index in [-0.39, 0.29) is 11.8 Å². The van der Waals surface area contributed by atoms with Crippen LogP contribution in [0.15, 0.2) is 24.3 Å². The number of alkyl halides is 3. The smallest absolute Gasteiger partial charge is 0.341 e. The van der Waals surface area contributed by atoms with Crippen LogP contribution >= 0.6 is 0 Å². The summed E-state index contributed by atoms with van der Waals surface area (Å²) in [5.74, 6) is 0.182. The molecule has 1 aliphatic rings. The normalized spacial score (nSPS) is 18.0. The summed E-state index contributed by atoms with van der Waals surface area (Å²) < 4.78 is 37.8. The molecular weight excluding hydrogens is 305 g/mol. The molecule has 0 saturated carbocycles. The Bertz CT molecular complexity index is 520. The van der Waals surface area contributed by atoms with E-state index in [9.17, 15) is 18.0 Å². The Labute approximate surface area is 134 Å². The average Bonchev–Trinajstić information content (AvgIpc) is 2.54. The third kappa shape index (κ3) is 4.47. The Kier molecular flexibility index (Phi) is 5.68. The van der Waals surface area contributed by atoms with Gasteiger partial charge in [-0.15, -0.1) is 0 Å². The van der Waals surface area contributed by atoms with Crippen molar-refractivity contribution in [1.29, 1.82) is 0 Å². The number of rotatable bonds is 4. The molecule has 0 aliphatic carbocycles. The van der Waals surface area contributed by atoms with Crippen LogP contribution in [-0.4, -0.2) is 29.9 Å². The number of hydrogen-bond donors (Lipinski definition) is 1. The minimum Gasteiger partial charge on any atom is -0.341 e. The van der Waals surface area contributed by atoms with Crippen molar-refractivity contribution >= 4 is 5.91 Å². The topological polar surface area (TPSA) is 46.3 Å². The van der Waals surface area contributed by atoms with Gasteiger partial charge in [0.2, 0.25) is 5.91 Å². The summed E-state index contributed by atoms with van der Waals surface area (Å²) in [6, 6.07) is 4.91. The molecule has 0 spiro atoms. The largest absolute Gasteiger partial charge is 0.416 e. The van der Waals surface area contributed by atoms with Gasteiger partial charge in [-0.25, -0.2) is 0 Å². The van der Waals surface area contributed by atoms with Gasteiger partial charge in [0.05, 0.1) is 11.6 Å². The SMILES string of the molecule is CCCC(N)C(=O)N1CCC(c2ccc(C(F)(F)F)cc2)CC1. The van der Waals surface area contributed by atoms with Crippen LogP contribution in [0.25, 0.3) is 0 Å². The van der Waals surface area contributed by atoms with Crippen LogP contribution in [0.1, 0.15) is 49.7 Å². The summed E-state index contributed by atoms with van der Waals surface area (Å²) in [4.78, 5) is 13.9. The van der Waals surface area contributed by atoms with E-state index in [1.807, 2.05) is 6.92 Å². The van der Waals surface area contributed by atoms with Crippen LogP contribution < -0.4 is 5.73 Å². The van der Waals surface area contributed by atoms with Gasteiger partial charge >= 0.3 is 6.18 Å². The maximum absolute atomic E-state index is 12.6. The average molecular weight is 328 g/mol. The second kappa shape index (κ2) is 7.34. The van der Waals surface area contributed by atoms with Crippen molar-refractivity contribution in [2.24, 2.45) is 5.73 Å². The Morgan fingerprint density at radius 1 is 1.26 bits per heavy atom. The highest BCUT2D eigenvalue weighted by atomic mass is 19.4. The van der Waals surface area contributed by atoms with Crippen LogP contribution in [0.4, 0.5) is 13.2 Å². The van der Waals surface area contributed by atoms with Crippen LogP contribution in [0.5, 0.6) is 0 Å². The van der Waals surface area contributed by atoms with Crippen molar-refractivity contribution < 1.29 is 18.0 Å². The maximum Gasteiger partial charge on any atom is 0.416 e. The second-order valence-corrected chi connectivity index (χ2v) is 6.11. The molecule has 23 heavy (non-hydrogen) atoms. The molecule has 0 radical (unpaired) electrons. The third-order valence-electron chi connectivity index (χ3n) is 4.43. The molecule has 3 nitrogen and oxygen atoms in total. The Morgan fingerprint density at radius 2 is 1.83 bits per heavy atom. The molecule has 1 heterocycles. The molecular formula is C17H23F3N2O. The molecule has 1 aromatic carbocycles. The van der Waals surface area contributed by atoms with Gasteiger partial charge in [0, 0.05) is 13.1 Å². The first kappa shape index (κ1) is 17.8. The summed E-state index contributed by atoms with van der Waals surface area (Å²) in [5.41, 5.74) is 6.14. The van der Waals surface area contributed by atoms with Crippen molar-refractivity contribution in [3.63, 3.8) is 0 Å². The van der Waals surface area contributed by atoms with Crippen molar-refractivity contribution in [3.8, 4) is 0 Å². The molecule has 1 amide bonds. The molecule has 2 rings (SSSR count). The number of halogens is 3. The summed E-state index contributed by atoms with van der Waals surface area (Å²) in [5, 5.41) is 0. The molecule has 2 N–H and O–H groups in total. The van der Waals surface area contributed by atoms with Crippen LogP contribution in [0.2, 0.25) is 0 Å². The van der Waals surface area contributed by atoms with Gasteiger partial charge in [-0.2, -0.15) is 13.2 Å². The monoisotopic (exact) mass is 328 g/mol. The Hall–Kier alpha value is -1.56. The van der Waals surface area contributed by atoms with Crippen LogP contribution in [0, 0.1) is 0 Å². The minimum atomic E-state index is -4.30. The van der Waals surface area contributed by atoms with E-state index >= 15 is 0 Å². The highest BCUT2D eigenvalue weighted by Crippen LogP contribution is 2.33. The third-order valence-corrected chi connectivity index (χ3v) is 4.43. The van der Waals surface area contributed by atoms with E-state index in [0.29, 0.717) is 19.5 Å². The minimum absolute atomic E-state index is 0.0160. The van der Waals surface area contributed by atoms with Crippen molar-refractivity contribution in [2.45, 2.75) is 50.7 Å². The van der Waals surface area contributed by atoms with Gasteiger partial charge in [-0.1, -0.05) is 25.5 Å². The van der Waals surface area contributed by atoms with Crippen molar-refractivity contribution in [1.82, 2.24) is 4.90 Å². The first-order valence-corrected chi connectivity index (χ1v) is 8.04.